The summed E-state index contributed by atoms with van der Waals surface area (Å²) >= 11 is 0. The first-order chi connectivity index (χ1) is 20.5. The Morgan fingerprint density at radius 3 is 2.67 bits per heavy atom. The minimum absolute atomic E-state index is 0.155. The fourth-order valence-corrected chi connectivity index (χ4v) is 6.05. The summed E-state index contributed by atoms with van der Waals surface area (Å²) in [6.45, 7) is 0.793. The van der Waals surface area contributed by atoms with E-state index in [9.17, 15) is 33.3 Å². The van der Waals surface area contributed by atoms with Crippen molar-refractivity contribution in [1.82, 2.24) is 9.55 Å². The van der Waals surface area contributed by atoms with Crippen molar-refractivity contribution in [2.24, 2.45) is 0 Å². The summed E-state index contributed by atoms with van der Waals surface area (Å²) in [5, 5.41) is 13.5. The Morgan fingerprint density at radius 2 is 1.91 bits per heavy atom. The normalized spacial score (nSPS) is 23.1. The summed E-state index contributed by atoms with van der Waals surface area (Å²) in [5.41, 5.74) is -1.59. The van der Waals surface area contributed by atoms with Gasteiger partial charge in [-0.3, -0.25) is 28.6 Å². The number of hydrogen-bond donors (Lipinski definition) is 3. The lowest BCUT2D eigenvalue weighted by Gasteiger charge is -2.34. The molecule has 13 nitrogen and oxygen atoms in total. The quantitative estimate of drug-likeness (QED) is 0.224. The zero-order chi connectivity index (χ0) is 30.7. The molecule has 2 aromatic carbocycles. The van der Waals surface area contributed by atoms with Gasteiger partial charge in [0, 0.05) is 11.8 Å². The van der Waals surface area contributed by atoms with Crippen molar-refractivity contribution in [3.63, 3.8) is 0 Å². The molecule has 5 rings (SSSR count). The number of aliphatic hydroxyl groups is 1. The van der Waals surface area contributed by atoms with E-state index >= 15 is 0 Å². The van der Waals surface area contributed by atoms with E-state index in [0.29, 0.717) is 11.9 Å². The predicted octanol–water partition coefficient (Wildman–Crippen LogP) is 3.30. The Kier molecular flexibility index (Phi) is 9.45. The van der Waals surface area contributed by atoms with Gasteiger partial charge in [0.25, 0.3) is 5.56 Å². The summed E-state index contributed by atoms with van der Waals surface area (Å²) in [4.78, 5) is 55.0. The molecule has 1 unspecified atom stereocenters. The van der Waals surface area contributed by atoms with E-state index in [4.69, 9.17) is 18.6 Å². The van der Waals surface area contributed by atoms with E-state index in [1.165, 1.54) is 12.0 Å². The highest BCUT2D eigenvalue weighted by Gasteiger charge is 2.40. The van der Waals surface area contributed by atoms with Gasteiger partial charge in [0.2, 0.25) is 5.82 Å². The number of aromatic amines is 1. The highest BCUT2D eigenvalue weighted by atomic mass is 31.2. The fourth-order valence-electron chi connectivity index (χ4n) is 5.28. The van der Waals surface area contributed by atoms with Gasteiger partial charge >= 0.3 is 19.5 Å². The first kappa shape index (κ1) is 31.0. The second kappa shape index (κ2) is 13.1. The number of ether oxygens (including phenoxy) is 1. The molecule has 0 spiro atoms. The van der Waals surface area contributed by atoms with Crippen LogP contribution in [0.2, 0.25) is 0 Å². The third-order valence-corrected chi connectivity index (χ3v) is 8.44. The van der Waals surface area contributed by atoms with E-state index in [1.807, 2.05) is 36.4 Å². The van der Waals surface area contributed by atoms with Crippen LogP contribution in [0.1, 0.15) is 51.7 Å². The molecule has 1 saturated carbocycles. The van der Waals surface area contributed by atoms with Crippen molar-refractivity contribution in [3.8, 4) is 0 Å². The molecular formula is C28H33FN3O10P. The van der Waals surface area contributed by atoms with Crippen LogP contribution < -0.4 is 16.3 Å². The van der Waals surface area contributed by atoms with Crippen LogP contribution >= 0.6 is 7.82 Å². The average molecular weight is 622 g/mol. The highest BCUT2D eigenvalue weighted by Crippen LogP contribution is 2.45. The molecule has 0 amide bonds. The van der Waals surface area contributed by atoms with E-state index in [2.05, 4.69) is 0 Å². The number of nitrogens with zero attached hydrogens (tertiary/aromatic N) is 2. The molecule has 3 aromatic rings. The lowest BCUT2D eigenvalue weighted by atomic mass is 9.98. The van der Waals surface area contributed by atoms with Crippen LogP contribution in [0.3, 0.4) is 0 Å². The molecule has 3 N–H and O–H groups in total. The van der Waals surface area contributed by atoms with Crippen LogP contribution in [0, 0.1) is 5.82 Å². The summed E-state index contributed by atoms with van der Waals surface area (Å²) < 4.78 is 42.6. The lowest BCUT2D eigenvalue weighted by molar-refractivity contribution is -0.140. The van der Waals surface area contributed by atoms with Crippen molar-refractivity contribution in [2.45, 2.75) is 76.0 Å². The van der Waals surface area contributed by atoms with Crippen molar-refractivity contribution < 1.29 is 42.4 Å². The molecule has 0 radical (unpaired) electrons. The zero-order valence-corrected chi connectivity index (χ0v) is 24.2. The minimum atomic E-state index is -5.02. The third-order valence-electron chi connectivity index (χ3n) is 7.56. The molecule has 232 valence electrons. The molecule has 2 heterocycles. The maximum atomic E-state index is 13.7. The second-order valence-corrected chi connectivity index (χ2v) is 12.0. The summed E-state index contributed by atoms with van der Waals surface area (Å²) in [6, 6.07) is 11.9. The number of hydroxylamine groups is 1. The van der Waals surface area contributed by atoms with Gasteiger partial charge in [0.1, 0.15) is 12.3 Å². The predicted molar refractivity (Wildman–Crippen MR) is 152 cm³/mol. The molecular weight excluding hydrogens is 588 g/mol. The van der Waals surface area contributed by atoms with E-state index in [1.54, 1.807) is 11.1 Å². The van der Waals surface area contributed by atoms with Gasteiger partial charge in [0.15, 0.2) is 6.04 Å². The number of halogens is 1. The number of carbonyl (C=O) groups excluding carboxylic acids is 1. The minimum Gasteiger partial charge on any atom is -0.390 e. The van der Waals surface area contributed by atoms with E-state index in [0.717, 1.165) is 47.4 Å². The largest absolute Gasteiger partial charge is 0.529 e. The van der Waals surface area contributed by atoms with E-state index < -0.39 is 61.9 Å². The number of fused-ring (bicyclic) bond motifs is 1. The number of aromatic nitrogens is 2. The molecule has 2 fully saturated rings. The fraction of sp³-hybridized carbons (Fsp3) is 0.464. The van der Waals surface area contributed by atoms with Gasteiger partial charge in [-0.15, -0.1) is 0 Å². The van der Waals surface area contributed by atoms with Crippen molar-refractivity contribution >= 4 is 30.3 Å². The summed E-state index contributed by atoms with van der Waals surface area (Å²) in [6.07, 6.45) is 1.23. The first-order valence-corrected chi connectivity index (χ1v) is 15.5. The molecule has 43 heavy (non-hydrogen) atoms. The van der Waals surface area contributed by atoms with Crippen LogP contribution in [0.25, 0.3) is 10.8 Å². The zero-order valence-electron chi connectivity index (χ0n) is 23.3. The molecule has 1 aliphatic carbocycles. The Labute approximate surface area is 245 Å². The van der Waals surface area contributed by atoms with Crippen molar-refractivity contribution in [3.05, 3.63) is 75.3 Å². The van der Waals surface area contributed by atoms with Gasteiger partial charge < -0.3 is 14.4 Å². The maximum absolute atomic E-state index is 13.7. The smallest absolute Gasteiger partial charge is 0.390 e. The second-order valence-electron chi connectivity index (χ2n) is 10.6. The highest BCUT2D eigenvalue weighted by molar-refractivity contribution is 7.48. The number of phosphoric ester groups is 1. The number of hydrogen-bond acceptors (Lipinski definition) is 10. The number of aliphatic hydroxyl groups excluding tert-OH is 1. The molecule has 1 aliphatic heterocycles. The molecule has 5 atom stereocenters. The molecule has 1 aromatic heterocycles. The van der Waals surface area contributed by atoms with Crippen LogP contribution in [0.15, 0.2) is 58.3 Å². The van der Waals surface area contributed by atoms with Gasteiger partial charge in [-0.05, 0) is 31.2 Å². The topological polar surface area (TPSA) is 170 Å². The number of anilines is 1. The average Bonchev–Trinajstić information content (AvgIpc) is 3.36. The lowest BCUT2D eigenvalue weighted by Crippen LogP contribution is -2.43. The Hall–Kier alpha value is -3.39. The monoisotopic (exact) mass is 621 g/mol. The van der Waals surface area contributed by atoms with Crippen LogP contribution in [0.4, 0.5) is 10.1 Å². The Balaban J connectivity index is 1.26. The van der Waals surface area contributed by atoms with Crippen molar-refractivity contribution in [1.29, 1.82) is 0 Å². The summed E-state index contributed by atoms with van der Waals surface area (Å²) in [5.74, 6) is -2.32. The van der Waals surface area contributed by atoms with Crippen molar-refractivity contribution in [2.75, 3.05) is 11.7 Å². The number of carbonyl (C=O) groups is 1. The van der Waals surface area contributed by atoms with Gasteiger partial charge in [0.05, 0.1) is 30.7 Å². The number of nitrogens with one attached hydrogen (secondary N) is 1. The van der Waals surface area contributed by atoms with Crippen LogP contribution in [-0.4, -0.2) is 56.5 Å². The van der Waals surface area contributed by atoms with E-state index in [-0.39, 0.29) is 12.5 Å². The summed E-state index contributed by atoms with van der Waals surface area (Å²) in [7, 11) is -5.02. The number of rotatable bonds is 10. The SMILES string of the molecule is C[C@@H](C(=O)OP(=O)(O)OC[C@H]1O[C@@H](n2cc(F)c(=O)[nH]c2=O)C[C@@H]1O)N(OC1CCCCC1)c1cccc2ccccc12. The first-order valence-electron chi connectivity index (χ1n) is 14.0. The Bertz CT molecular complexity index is 1620. The number of H-pyrrole nitrogens is 1. The molecule has 0 bridgehead atoms. The van der Waals surface area contributed by atoms with Crippen LogP contribution in [-0.2, 0) is 28.0 Å². The van der Waals surface area contributed by atoms with Crippen LogP contribution in [0.5, 0.6) is 0 Å². The van der Waals surface area contributed by atoms with Gasteiger partial charge in [-0.2, -0.15) is 4.39 Å². The maximum Gasteiger partial charge on any atom is 0.529 e. The molecule has 15 heteroatoms. The van der Waals surface area contributed by atoms with Gasteiger partial charge in [-0.1, -0.05) is 55.7 Å². The molecule has 1 saturated heterocycles. The number of benzene rings is 2. The Morgan fingerprint density at radius 1 is 1.19 bits per heavy atom. The third kappa shape index (κ3) is 7.23. The molecule has 2 aliphatic rings. The standard InChI is InChI=1S/C28H33FN3O10P/c1-17(32(41-19-10-3-2-4-11-19)22-13-7-9-18-8-5-6-12-20(18)22)27(35)42-43(37,38)39-16-24-23(33)14-25(40-24)31-15-21(29)26(34)30-28(31)36/h5-9,12-13,15,17,19,23-25,33H,2-4,10-11,14,16H2,1H3,(H,37,38)(H,30,34,36)/t17-,23-,24+,25+/m0/s1. The van der Waals surface area contributed by atoms with Gasteiger partial charge in [-0.25, -0.2) is 19.2 Å². The number of phosphoric acid groups is 1.